The summed E-state index contributed by atoms with van der Waals surface area (Å²) >= 11 is 2.36. The fourth-order valence-electron chi connectivity index (χ4n) is 2.66. The number of rotatable bonds is 2. The maximum Gasteiger partial charge on any atom is 0.0323 e. The number of nitrogens with two attached hydrogens (primary N) is 1. The molecule has 1 saturated carbocycles. The van der Waals surface area contributed by atoms with Crippen molar-refractivity contribution < 1.29 is 0 Å². The van der Waals surface area contributed by atoms with E-state index in [-0.39, 0.29) is 6.04 Å². The van der Waals surface area contributed by atoms with Crippen LogP contribution in [0.2, 0.25) is 0 Å². The Morgan fingerprint density at radius 2 is 1.81 bits per heavy atom. The van der Waals surface area contributed by atoms with Gasteiger partial charge in [0.15, 0.2) is 0 Å². The summed E-state index contributed by atoms with van der Waals surface area (Å²) in [5.41, 5.74) is 7.72. The maximum absolute atomic E-state index is 6.40. The van der Waals surface area contributed by atoms with E-state index in [1.807, 2.05) is 0 Å². The molecule has 1 fully saturated rings. The monoisotopic (exact) mass is 329 g/mol. The highest BCUT2D eigenvalue weighted by atomic mass is 127. The molecule has 1 unspecified atom stereocenters. The second-order valence-electron chi connectivity index (χ2n) is 4.83. The van der Waals surface area contributed by atoms with Crippen LogP contribution in [0.1, 0.15) is 50.1 Å². The summed E-state index contributed by atoms with van der Waals surface area (Å²) in [5.74, 6) is 0.695. The Hall–Kier alpha value is -0.0900. The summed E-state index contributed by atoms with van der Waals surface area (Å²) in [6, 6.07) is 8.90. The molecule has 0 bridgehead atoms. The van der Waals surface area contributed by atoms with E-state index >= 15 is 0 Å². The number of hydrogen-bond acceptors (Lipinski definition) is 1. The average Bonchev–Trinajstić information content (AvgIpc) is 2.56. The molecular weight excluding hydrogens is 309 g/mol. The van der Waals surface area contributed by atoms with Gasteiger partial charge in [-0.2, -0.15) is 0 Å². The van der Waals surface area contributed by atoms with Crippen molar-refractivity contribution in [2.75, 3.05) is 0 Å². The molecule has 1 aliphatic carbocycles. The molecule has 16 heavy (non-hydrogen) atoms. The molecular formula is C14H20IN. The zero-order chi connectivity index (χ0) is 11.4. The second kappa shape index (κ2) is 6.01. The van der Waals surface area contributed by atoms with Gasteiger partial charge in [0.1, 0.15) is 0 Å². The first-order valence-electron chi connectivity index (χ1n) is 6.28. The lowest BCUT2D eigenvalue weighted by atomic mass is 9.88. The van der Waals surface area contributed by atoms with Gasteiger partial charge in [0.05, 0.1) is 0 Å². The lowest BCUT2D eigenvalue weighted by molar-refractivity contribution is 0.382. The first kappa shape index (κ1) is 12.4. The zero-order valence-electron chi connectivity index (χ0n) is 9.66. The third-order valence-electron chi connectivity index (χ3n) is 3.64. The van der Waals surface area contributed by atoms with Crippen LogP contribution in [-0.2, 0) is 0 Å². The van der Waals surface area contributed by atoms with E-state index in [9.17, 15) is 0 Å². The minimum Gasteiger partial charge on any atom is -0.324 e. The Morgan fingerprint density at radius 3 is 2.44 bits per heavy atom. The zero-order valence-corrected chi connectivity index (χ0v) is 11.8. The molecule has 88 valence electrons. The minimum atomic E-state index is 0.243. The average molecular weight is 329 g/mol. The lowest BCUT2D eigenvalue weighted by Gasteiger charge is -2.22. The molecule has 0 aromatic heterocycles. The summed E-state index contributed by atoms with van der Waals surface area (Å²) in [5, 5.41) is 0. The largest absolute Gasteiger partial charge is 0.324 e. The van der Waals surface area contributed by atoms with E-state index in [0.717, 1.165) is 0 Å². The van der Waals surface area contributed by atoms with Crippen LogP contribution in [0.25, 0.3) is 0 Å². The molecule has 1 aliphatic rings. The highest BCUT2D eigenvalue weighted by molar-refractivity contribution is 14.1. The molecule has 2 heteroatoms. The van der Waals surface area contributed by atoms with Crippen LogP contribution in [0.5, 0.6) is 0 Å². The fourth-order valence-corrected chi connectivity index (χ4v) is 3.22. The van der Waals surface area contributed by atoms with Crippen LogP contribution in [0.15, 0.2) is 24.3 Å². The van der Waals surface area contributed by atoms with Gasteiger partial charge in [-0.1, -0.05) is 37.8 Å². The predicted molar refractivity (Wildman–Crippen MR) is 77.3 cm³/mol. The Labute approximate surface area is 112 Å². The standard InChI is InChI=1S/C14H20IN/c15-13-9-5-8-12(10-13)14(16)11-6-3-1-2-4-7-11/h5,8-11,14H,1-4,6-7,16H2. The van der Waals surface area contributed by atoms with E-state index < -0.39 is 0 Å². The molecule has 2 rings (SSSR count). The Bertz CT molecular complexity index is 329. The summed E-state index contributed by atoms with van der Waals surface area (Å²) in [7, 11) is 0. The summed E-state index contributed by atoms with van der Waals surface area (Å²) in [6.07, 6.45) is 8.15. The van der Waals surface area contributed by atoms with Crippen molar-refractivity contribution in [3.05, 3.63) is 33.4 Å². The molecule has 1 nitrogen and oxygen atoms in total. The molecule has 0 aliphatic heterocycles. The van der Waals surface area contributed by atoms with E-state index in [4.69, 9.17) is 5.73 Å². The third-order valence-corrected chi connectivity index (χ3v) is 4.31. The van der Waals surface area contributed by atoms with Gasteiger partial charge in [-0.3, -0.25) is 0 Å². The van der Waals surface area contributed by atoms with Gasteiger partial charge in [-0.15, -0.1) is 0 Å². The third kappa shape index (κ3) is 3.20. The summed E-state index contributed by atoms with van der Waals surface area (Å²) in [6.45, 7) is 0. The normalized spacial score (nSPS) is 20.4. The SMILES string of the molecule is NC(c1cccc(I)c1)C1CCCCCC1. The summed E-state index contributed by atoms with van der Waals surface area (Å²) < 4.78 is 1.29. The first-order valence-corrected chi connectivity index (χ1v) is 7.36. The molecule has 0 amide bonds. The van der Waals surface area contributed by atoms with E-state index in [1.165, 1.54) is 47.7 Å². The molecule has 1 aromatic rings. The molecule has 1 atom stereocenters. The summed E-state index contributed by atoms with van der Waals surface area (Å²) in [4.78, 5) is 0. The van der Waals surface area contributed by atoms with Gasteiger partial charge in [0.2, 0.25) is 0 Å². The van der Waals surface area contributed by atoms with Crippen molar-refractivity contribution in [3.63, 3.8) is 0 Å². The van der Waals surface area contributed by atoms with Crippen LogP contribution >= 0.6 is 22.6 Å². The molecule has 1 aromatic carbocycles. The van der Waals surface area contributed by atoms with Crippen molar-refractivity contribution in [2.45, 2.75) is 44.6 Å². The van der Waals surface area contributed by atoms with Crippen LogP contribution in [0.4, 0.5) is 0 Å². The Kier molecular flexibility index (Phi) is 4.65. The van der Waals surface area contributed by atoms with Crippen LogP contribution in [0.3, 0.4) is 0 Å². The highest BCUT2D eigenvalue weighted by Gasteiger charge is 2.20. The van der Waals surface area contributed by atoms with Gasteiger partial charge in [-0.25, -0.2) is 0 Å². The lowest BCUT2D eigenvalue weighted by Crippen LogP contribution is -2.21. The van der Waals surface area contributed by atoms with Crippen molar-refractivity contribution in [1.29, 1.82) is 0 Å². The minimum absolute atomic E-state index is 0.243. The molecule has 2 N–H and O–H groups in total. The number of halogens is 1. The van der Waals surface area contributed by atoms with Gasteiger partial charge in [0.25, 0.3) is 0 Å². The van der Waals surface area contributed by atoms with Gasteiger partial charge >= 0.3 is 0 Å². The van der Waals surface area contributed by atoms with Crippen molar-refractivity contribution in [2.24, 2.45) is 11.7 Å². The Balaban J connectivity index is 2.07. The molecule has 0 spiro atoms. The van der Waals surface area contributed by atoms with Gasteiger partial charge < -0.3 is 5.73 Å². The first-order chi connectivity index (χ1) is 7.77. The van der Waals surface area contributed by atoms with Crippen LogP contribution in [0, 0.1) is 9.49 Å². The molecule has 0 radical (unpaired) electrons. The van der Waals surface area contributed by atoms with E-state index in [1.54, 1.807) is 0 Å². The van der Waals surface area contributed by atoms with Crippen molar-refractivity contribution >= 4 is 22.6 Å². The van der Waals surface area contributed by atoms with Crippen LogP contribution < -0.4 is 5.73 Å². The van der Waals surface area contributed by atoms with Crippen LogP contribution in [-0.4, -0.2) is 0 Å². The Morgan fingerprint density at radius 1 is 1.12 bits per heavy atom. The molecule has 0 heterocycles. The number of hydrogen-bond donors (Lipinski definition) is 1. The smallest absolute Gasteiger partial charge is 0.0323 e. The second-order valence-corrected chi connectivity index (χ2v) is 6.08. The topological polar surface area (TPSA) is 26.0 Å². The van der Waals surface area contributed by atoms with Gasteiger partial charge in [-0.05, 0) is 59.0 Å². The molecule has 0 saturated heterocycles. The van der Waals surface area contributed by atoms with Crippen molar-refractivity contribution in [1.82, 2.24) is 0 Å². The van der Waals surface area contributed by atoms with Crippen molar-refractivity contribution in [3.8, 4) is 0 Å². The van der Waals surface area contributed by atoms with Gasteiger partial charge in [0, 0.05) is 9.61 Å². The van der Waals surface area contributed by atoms with E-state index in [0.29, 0.717) is 5.92 Å². The van der Waals surface area contributed by atoms with E-state index in [2.05, 4.69) is 46.9 Å². The predicted octanol–water partition coefficient (Wildman–Crippen LogP) is 4.26. The maximum atomic E-state index is 6.40. The number of benzene rings is 1. The quantitative estimate of drug-likeness (QED) is 0.637. The fraction of sp³-hybridized carbons (Fsp3) is 0.571. The highest BCUT2D eigenvalue weighted by Crippen LogP contribution is 2.32.